The number of aliphatic carboxylic acids is 1. The number of hydrogen-bond acceptors (Lipinski definition) is 5. The van der Waals surface area contributed by atoms with Gasteiger partial charge in [-0.2, -0.15) is 0 Å². The molecule has 1 aromatic heterocycles. The van der Waals surface area contributed by atoms with Crippen molar-refractivity contribution < 1.29 is 23.8 Å². The predicted molar refractivity (Wildman–Crippen MR) is 109 cm³/mol. The van der Waals surface area contributed by atoms with Crippen LogP contribution in [0, 0.1) is 6.92 Å². The van der Waals surface area contributed by atoms with E-state index in [1.807, 2.05) is 37.3 Å². The fraction of sp³-hybridized carbons (Fsp3) is 0.304. The Kier molecular flexibility index (Phi) is 6.22. The van der Waals surface area contributed by atoms with Gasteiger partial charge in [0.1, 0.15) is 17.3 Å². The third kappa shape index (κ3) is 4.96. The molecular formula is C23H25NO5. The first-order chi connectivity index (χ1) is 13.9. The molecule has 6 nitrogen and oxygen atoms in total. The number of carbonyl (C=O) groups is 1. The summed E-state index contributed by atoms with van der Waals surface area (Å²) in [6.07, 6.45) is 0.982. The van der Waals surface area contributed by atoms with Gasteiger partial charge >= 0.3 is 5.97 Å². The highest BCUT2D eigenvalue weighted by molar-refractivity contribution is 5.77. The number of hydrogen-bond donors (Lipinski definition) is 1. The standard InChI is InChI=1S/C23H25NO5/c1-4-23(3,22(25)26)29-19-12-10-18(11-13-19)27-15-14-20-16(2)28-21(24-20)17-8-6-5-7-9-17/h5-13H,4,14-15H2,1-3H3,(H,25,26). The summed E-state index contributed by atoms with van der Waals surface area (Å²) in [7, 11) is 0. The van der Waals surface area contributed by atoms with Crippen molar-refractivity contribution >= 4 is 5.97 Å². The van der Waals surface area contributed by atoms with Crippen molar-refractivity contribution in [3.8, 4) is 23.0 Å². The van der Waals surface area contributed by atoms with Crippen LogP contribution in [0.3, 0.4) is 0 Å². The lowest BCUT2D eigenvalue weighted by atomic mass is 10.0. The minimum absolute atomic E-state index is 0.364. The maximum Gasteiger partial charge on any atom is 0.347 e. The van der Waals surface area contributed by atoms with Crippen molar-refractivity contribution in [2.45, 2.75) is 39.2 Å². The van der Waals surface area contributed by atoms with Gasteiger partial charge in [-0.25, -0.2) is 9.78 Å². The zero-order valence-electron chi connectivity index (χ0n) is 16.8. The Morgan fingerprint density at radius 2 is 1.76 bits per heavy atom. The molecule has 1 N–H and O–H groups in total. The zero-order chi connectivity index (χ0) is 20.9. The molecule has 29 heavy (non-hydrogen) atoms. The molecule has 0 spiro atoms. The number of rotatable bonds is 9. The Balaban J connectivity index is 1.56. The lowest BCUT2D eigenvalue weighted by Crippen LogP contribution is -2.40. The van der Waals surface area contributed by atoms with Gasteiger partial charge in [0.25, 0.3) is 0 Å². The molecule has 6 heteroatoms. The molecule has 0 fully saturated rings. The van der Waals surface area contributed by atoms with E-state index in [1.54, 1.807) is 38.1 Å². The average Bonchev–Trinajstić information content (AvgIpc) is 3.10. The van der Waals surface area contributed by atoms with Crippen LogP contribution in [0.15, 0.2) is 59.0 Å². The van der Waals surface area contributed by atoms with Crippen molar-refractivity contribution in [3.63, 3.8) is 0 Å². The fourth-order valence-corrected chi connectivity index (χ4v) is 2.76. The molecule has 0 aliphatic carbocycles. The molecule has 0 aliphatic rings. The maximum atomic E-state index is 11.4. The van der Waals surface area contributed by atoms with Crippen LogP contribution in [-0.2, 0) is 11.2 Å². The van der Waals surface area contributed by atoms with Gasteiger partial charge in [-0.1, -0.05) is 25.1 Å². The molecule has 3 aromatic rings. The topological polar surface area (TPSA) is 81.8 Å². The van der Waals surface area contributed by atoms with Gasteiger partial charge in [-0.05, 0) is 56.7 Å². The zero-order valence-corrected chi connectivity index (χ0v) is 16.8. The summed E-state index contributed by atoms with van der Waals surface area (Å²) in [5.74, 6) is 1.57. The van der Waals surface area contributed by atoms with Gasteiger partial charge in [0, 0.05) is 12.0 Å². The summed E-state index contributed by atoms with van der Waals surface area (Å²) in [5, 5.41) is 9.31. The lowest BCUT2D eigenvalue weighted by Gasteiger charge is -2.24. The summed E-state index contributed by atoms with van der Waals surface area (Å²) < 4.78 is 17.2. The molecule has 0 saturated heterocycles. The first kappa shape index (κ1) is 20.5. The van der Waals surface area contributed by atoms with Crippen LogP contribution in [0.25, 0.3) is 11.5 Å². The van der Waals surface area contributed by atoms with E-state index in [0.29, 0.717) is 36.8 Å². The van der Waals surface area contributed by atoms with Crippen molar-refractivity contribution in [3.05, 3.63) is 66.1 Å². The highest BCUT2D eigenvalue weighted by Crippen LogP contribution is 2.25. The monoisotopic (exact) mass is 395 g/mol. The smallest absolute Gasteiger partial charge is 0.347 e. The lowest BCUT2D eigenvalue weighted by molar-refractivity contribution is -0.154. The minimum Gasteiger partial charge on any atom is -0.493 e. The van der Waals surface area contributed by atoms with E-state index in [1.165, 1.54) is 0 Å². The number of ether oxygens (including phenoxy) is 2. The number of benzene rings is 2. The van der Waals surface area contributed by atoms with Gasteiger partial charge in [0.15, 0.2) is 0 Å². The second-order valence-electron chi connectivity index (χ2n) is 6.95. The van der Waals surface area contributed by atoms with Crippen molar-refractivity contribution in [1.29, 1.82) is 0 Å². The SMILES string of the molecule is CCC(C)(Oc1ccc(OCCc2nc(-c3ccccc3)oc2C)cc1)C(=O)O. The molecule has 0 aliphatic heterocycles. The molecule has 2 aromatic carbocycles. The second kappa shape index (κ2) is 8.82. The van der Waals surface area contributed by atoms with Crippen LogP contribution in [0.1, 0.15) is 31.7 Å². The van der Waals surface area contributed by atoms with E-state index < -0.39 is 11.6 Å². The Morgan fingerprint density at radius 3 is 2.38 bits per heavy atom. The Labute approximate surface area is 170 Å². The van der Waals surface area contributed by atoms with Crippen LogP contribution in [-0.4, -0.2) is 28.3 Å². The number of carboxylic acid groups (broad SMARTS) is 1. The van der Waals surface area contributed by atoms with Crippen molar-refractivity contribution in [2.75, 3.05) is 6.61 Å². The summed E-state index contributed by atoms with van der Waals surface area (Å²) in [6, 6.07) is 16.7. The van der Waals surface area contributed by atoms with Crippen molar-refractivity contribution in [1.82, 2.24) is 4.98 Å². The van der Waals surface area contributed by atoms with E-state index in [9.17, 15) is 9.90 Å². The molecule has 1 atom stereocenters. The first-order valence-electron chi connectivity index (χ1n) is 9.58. The molecule has 1 unspecified atom stereocenters. The average molecular weight is 395 g/mol. The van der Waals surface area contributed by atoms with Crippen LogP contribution in [0.2, 0.25) is 0 Å². The molecule has 3 rings (SSSR count). The molecule has 0 radical (unpaired) electrons. The van der Waals surface area contributed by atoms with E-state index in [4.69, 9.17) is 13.9 Å². The van der Waals surface area contributed by atoms with E-state index in [0.717, 1.165) is 17.0 Å². The summed E-state index contributed by atoms with van der Waals surface area (Å²) in [4.78, 5) is 15.9. The van der Waals surface area contributed by atoms with E-state index in [2.05, 4.69) is 4.98 Å². The number of nitrogens with zero attached hydrogens (tertiary/aromatic N) is 1. The number of aryl methyl sites for hydroxylation is 1. The molecule has 0 saturated carbocycles. The van der Waals surface area contributed by atoms with Crippen LogP contribution >= 0.6 is 0 Å². The highest BCUT2D eigenvalue weighted by Gasteiger charge is 2.33. The second-order valence-corrected chi connectivity index (χ2v) is 6.95. The Bertz CT molecular complexity index is 949. The third-order valence-electron chi connectivity index (χ3n) is 4.81. The summed E-state index contributed by atoms with van der Waals surface area (Å²) >= 11 is 0. The van der Waals surface area contributed by atoms with E-state index >= 15 is 0 Å². The van der Waals surface area contributed by atoms with Gasteiger partial charge in [0.05, 0.1) is 12.3 Å². The third-order valence-corrected chi connectivity index (χ3v) is 4.81. The summed E-state index contributed by atoms with van der Waals surface area (Å²) in [5.41, 5.74) is 0.561. The molecule has 0 bridgehead atoms. The van der Waals surface area contributed by atoms with Crippen LogP contribution in [0.4, 0.5) is 0 Å². The largest absolute Gasteiger partial charge is 0.493 e. The highest BCUT2D eigenvalue weighted by atomic mass is 16.5. The number of oxazole rings is 1. The van der Waals surface area contributed by atoms with Gasteiger partial charge in [-0.3, -0.25) is 0 Å². The molecular weight excluding hydrogens is 370 g/mol. The van der Waals surface area contributed by atoms with Crippen LogP contribution in [0.5, 0.6) is 11.5 Å². The number of aromatic nitrogens is 1. The van der Waals surface area contributed by atoms with Crippen LogP contribution < -0.4 is 9.47 Å². The van der Waals surface area contributed by atoms with Gasteiger partial charge in [0.2, 0.25) is 11.5 Å². The van der Waals surface area contributed by atoms with Crippen molar-refractivity contribution in [2.24, 2.45) is 0 Å². The van der Waals surface area contributed by atoms with Gasteiger partial charge in [-0.15, -0.1) is 0 Å². The molecule has 0 amide bonds. The minimum atomic E-state index is -1.25. The Hall–Kier alpha value is -3.28. The fourth-order valence-electron chi connectivity index (χ4n) is 2.76. The Morgan fingerprint density at radius 1 is 1.10 bits per heavy atom. The number of carboxylic acids is 1. The normalized spacial score (nSPS) is 12.9. The first-order valence-corrected chi connectivity index (χ1v) is 9.58. The quantitative estimate of drug-likeness (QED) is 0.555. The maximum absolute atomic E-state index is 11.4. The summed E-state index contributed by atoms with van der Waals surface area (Å²) in [6.45, 7) is 5.68. The molecule has 1 heterocycles. The molecule has 152 valence electrons. The predicted octanol–water partition coefficient (Wildman–Crippen LogP) is 4.90. The van der Waals surface area contributed by atoms with E-state index in [-0.39, 0.29) is 0 Å². The van der Waals surface area contributed by atoms with Gasteiger partial charge < -0.3 is 19.0 Å².